The van der Waals surface area contributed by atoms with Crippen LogP contribution in [0.1, 0.15) is 40.3 Å². The fourth-order valence-corrected chi connectivity index (χ4v) is 3.49. The van der Waals surface area contributed by atoms with E-state index in [2.05, 4.69) is 25.8 Å². The van der Waals surface area contributed by atoms with Gasteiger partial charge < -0.3 is 19.5 Å². The van der Waals surface area contributed by atoms with Crippen molar-refractivity contribution in [2.45, 2.75) is 51.4 Å². The van der Waals surface area contributed by atoms with E-state index in [1.54, 1.807) is 29.2 Å². The van der Waals surface area contributed by atoms with Crippen LogP contribution in [0.5, 0.6) is 0 Å². The van der Waals surface area contributed by atoms with E-state index >= 15 is 0 Å². The molecule has 1 aliphatic heterocycles. The van der Waals surface area contributed by atoms with Gasteiger partial charge in [-0.25, -0.2) is 14.2 Å². The second-order valence-corrected chi connectivity index (χ2v) is 10.5. The Morgan fingerprint density at radius 3 is 2.66 bits per heavy atom. The monoisotopic (exact) mass is 418 g/mol. The summed E-state index contributed by atoms with van der Waals surface area (Å²) in [6, 6.07) is 4.61. The van der Waals surface area contributed by atoms with Crippen LogP contribution in [0.4, 0.5) is 14.9 Å². The number of carbonyl (C=O) groups is 1. The van der Waals surface area contributed by atoms with Gasteiger partial charge in [-0.15, -0.1) is 0 Å². The van der Waals surface area contributed by atoms with Crippen LogP contribution < -0.4 is 10.6 Å². The first-order valence-corrected chi connectivity index (χ1v) is 10.4. The summed E-state index contributed by atoms with van der Waals surface area (Å²) in [5, 5.41) is 0.0569. The molecule has 1 fully saturated rings. The minimum atomic E-state index is -0.593. The lowest BCUT2D eigenvalue weighted by Gasteiger charge is -2.27. The van der Waals surface area contributed by atoms with Crippen LogP contribution in [0.3, 0.4) is 0 Å². The largest absolute Gasteiger partial charge is 0.443 e. The lowest BCUT2D eigenvalue weighted by molar-refractivity contribution is 0.105. The highest BCUT2D eigenvalue weighted by molar-refractivity contribution is 6.31. The van der Waals surface area contributed by atoms with E-state index in [0.29, 0.717) is 33.4 Å². The molecule has 3 rings (SSSR count). The zero-order valence-electron chi connectivity index (χ0n) is 17.4. The average Bonchev–Trinajstić information content (AvgIpc) is 3.27. The minimum Gasteiger partial charge on any atom is -0.443 e. The summed E-state index contributed by atoms with van der Waals surface area (Å²) >= 11 is 0. The van der Waals surface area contributed by atoms with Gasteiger partial charge in [0.25, 0.3) is 0 Å². The zero-order valence-corrected chi connectivity index (χ0v) is 18.4. The number of ether oxygens (including phenoxy) is 1. The Morgan fingerprint density at radius 2 is 2.07 bits per heavy atom. The predicted octanol–water partition coefficient (Wildman–Crippen LogP) is 3.38. The summed E-state index contributed by atoms with van der Waals surface area (Å²) < 4.78 is 27.6. The molecule has 7 nitrogen and oxygen atoms in total. The van der Waals surface area contributed by atoms with E-state index in [4.69, 9.17) is 14.9 Å². The number of hydrogen-bond acceptors (Lipinski definition) is 5. The van der Waals surface area contributed by atoms with Crippen molar-refractivity contribution in [3.8, 4) is 5.69 Å². The summed E-state index contributed by atoms with van der Waals surface area (Å²) in [6.45, 7) is 10.8. The molecule has 29 heavy (non-hydrogen) atoms. The highest BCUT2D eigenvalue weighted by Gasteiger charge is 2.32. The third-order valence-corrected chi connectivity index (χ3v) is 5.69. The van der Waals surface area contributed by atoms with Gasteiger partial charge in [-0.3, -0.25) is 4.90 Å². The molecule has 2 heterocycles. The maximum atomic E-state index is 14.8. The number of halogens is 1. The van der Waals surface area contributed by atoms with E-state index in [-0.39, 0.29) is 17.7 Å². The molecule has 2 N–H and O–H groups in total. The quantitative estimate of drug-likeness (QED) is 0.727. The minimum absolute atomic E-state index is 0.0569. The molecule has 0 saturated carbocycles. The molecule has 1 aliphatic rings. The van der Waals surface area contributed by atoms with Crippen molar-refractivity contribution in [2.75, 3.05) is 18.0 Å². The maximum Gasteiger partial charge on any atom is 0.414 e. The smallest absolute Gasteiger partial charge is 0.414 e. The van der Waals surface area contributed by atoms with Crippen LogP contribution in [0.2, 0.25) is 5.04 Å². The van der Waals surface area contributed by atoms with Crippen molar-refractivity contribution in [3.05, 3.63) is 42.2 Å². The number of rotatable bonds is 6. The summed E-state index contributed by atoms with van der Waals surface area (Å²) in [4.78, 5) is 17.8. The van der Waals surface area contributed by atoms with Gasteiger partial charge in [0, 0.05) is 12.7 Å². The maximum absolute atomic E-state index is 14.8. The Hall–Kier alpha value is -2.23. The second kappa shape index (κ2) is 7.89. The predicted molar refractivity (Wildman–Crippen MR) is 110 cm³/mol. The van der Waals surface area contributed by atoms with Crippen molar-refractivity contribution in [1.82, 2.24) is 9.55 Å². The zero-order chi connectivity index (χ0) is 21.4. The first-order chi connectivity index (χ1) is 13.5. The average molecular weight is 419 g/mol. The number of aromatic nitrogens is 2. The van der Waals surface area contributed by atoms with Crippen molar-refractivity contribution in [3.63, 3.8) is 0 Å². The van der Waals surface area contributed by atoms with Crippen molar-refractivity contribution in [1.29, 1.82) is 0 Å². The van der Waals surface area contributed by atoms with Crippen molar-refractivity contribution >= 4 is 21.5 Å². The molecule has 1 aromatic heterocycles. The van der Waals surface area contributed by atoms with E-state index in [1.807, 2.05) is 13.8 Å². The molecule has 1 amide bonds. The Bertz CT molecular complexity index is 894. The SMILES string of the molecule is CC(C)(C)[Si]OC(C)(C)c1cn(-c2ccc(N3C[C@H](CN)OC3=O)cc2F)cn1. The molecule has 0 unspecified atom stereocenters. The number of imidazole rings is 1. The number of benzene rings is 1. The van der Waals surface area contributed by atoms with Crippen LogP contribution in [-0.2, 0) is 14.8 Å². The number of amides is 1. The molecular formula is C20H27FN4O3Si. The number of nitrogens with zero attached hydrogens (tertiary/aromatic N) is 3. The van der Waals surface area contributed by atoms with Crippen LogP contribution in [-0.4, -0.2) is 44.6 Å². The van der Waals surface area contributed by atoms with Gasteiger partial charge in [-0.1, -0.05) is 20.8 Å². The van der Waals surface area contributed by atoms with E-state index in [0.717, 1.165) is 0 Å². The first-order valence-electron chi connectivity index (χ1n) is 9.48. The lowest BCUT2D eigenvalue weighted by atomic mass is 10.1. The molecule has 9 heteroatoms. The van der Waals surface area contributed by atoms with Gasteiger partial charge >= 0.3 is 6.09 Å². The number of carbonyl (C=O) groups excluding carboxylic acids is 1. The molecule has 2 aromatic rings. The van der Waals surface area contributed by atoms with Crippen LogP contribution in [0, 0.1) is 5.82 Å². The molecule has 1 aromatic carbocycles. The normalized spacial score (nSPS) is 17.7. The van der Waals surface area contributed by atoms with Gasteiger partial charge in [-0.2, -0.15) is 0 Å². The molecule has 156 valence electrons. The number of hydrogen-bond donors (Lipinski definition) is 1. The topological polar surface area (TPSA) is 82.6 Å². The van der Waals surface area contributed by atoms with Crippen molar-refractivity contribution < 1.29 is 18.3 Å². The van der Waals surface area contributed by atoms with Gasteiger partial charge in [0.15, 0.2) is 0 Å². The summed E-state index contributed by atoms with van der Waals surface area (Å²) in [5.74, 6) is -0.467. The molecule has 1 atom stereocenters. The molecule has 1 saturated heterocycles. The molecular weight excluding hydrogens is 391 g/mol. The van der Waals surface area contributed by atoms with Crippen molar-refractivity contribution in [2.24, 2.45) is 5.73 Å². The summed E-state index contributed by atoms with van der Waals surface area (Å²) in [6.07, 6.45) is 2.43. The standard InChI is InChI=1S/C20H27FN4O3Si/c1-19(2,3)29-28-20(4,5)17-11-24(12-23-17)16-7-6-13(8-15(16)21)25-10-14(9-22)27-18(25)26/h6-8,11-12,14H,9-10,22H2,1-5H3/t14-/m0/s1. The van der Waals surface area contributed by atoms with E-state index in [9.17, 15) is 9.18 Å². The molecule has 0 bridgehead atoms. The fourth-order valence-electron chi connectivity index (χ4n) is 2.83. The number of nitrogens with two attached hydrogens (primary N) is 1. The summed E-state index contributed by atoms with van der Waals surface area (Å²) in [7, 11) is 0.307. The molecule has 0 spiro atoms. The van der Waals surface area contributed by atoms with Gasteiger partial charge in [0.05, 0.1) is 35.5 Å². The summed E-state index contributed by atoms with van der Waals surface area (Å²) in [5.41, 5.74) is 6.44. The van der Waals surface area contributed by atoms with Gasteiger partial charge in [0.2, 0.25) is 9.76 Å². The first kappa shape index (κ1) is 21.5. The van der Waals surface area contributed by atoms with Crippen LogP contribution >= 0.6 is 0 Å². The van der Waals surface area contributed by atoms with Gasteiger partial charge in [0.1, 0.15) is 11.9 Å². The Kier molecular flexibility index (Phi) is 5.84. The highest BCUT2D eigenvalue weighted by Crippen LogP contribution is 2.30. The molecule has 0 aliphatic carbocycles. The number of anilines is 1. The molecule has 2 radical (unpaired) electrons. The van der Waals surface area contributed by atoms with Crippen LogP contribution in [0.25, 0.3) is 5.69 Å². The number of cyclic esters (lactones) is 1. The van der Waals surface area contributed by atoms with E-state index in [1.165, 1.54) is 11.0 Å². The third kappa shape index (κ3) is 4.85. The lowest BCUT2D eigenvalue weighted by Crippen LogP contribution is -2.28. The fraction of sp³-hybridized carbons (Fsp3) is 0.500. The Labute approximate surface area is 172 Å². The van der Waals surface area contributed by atoms with Crippen LogP contribution in [0.15, 0.2) is 30.7 Å². The van der Waals surface area contributed by atoms with Gasteiger partial charge in [-0.05, 0) is 37.1 Å². The van der Waals surface area contributed by atoms with E-state index < -0.39 is 17.5 Å². The second-order valence-electron chi connectivity index (χ2n) is 8.62. The Balaban J connectivity index is 1.79. The Morgan fingerprint density at radius 1 is 1.34 bits per heavy atom. The third-order valence-electron chi connectivity index (χ3n) is 4.47. The highest BCUT2D eigenvalue weighted by atomic mass is 28.2.